The van der Waals surface area contributed by atoms with Crippen LogP contribution in [0, 0.1) is 11.3 Å². The van der Waals surface area contributed by atoms with Crippen LogP contribution in [-0.2, 0) is 24.1 Å². The lowest BCUT2D eigenvalue weighted by molar-refractivity contribution is -0.137. The third kappa shape index (κ3) is 4.61. The number of rotatable bonds is 5. The minimum atomic E-state index is -4.37. The molecule has 2 heterocycles. The molecule has 2 aliphatic rings. The summed E-state index contributed by atoms with van der Waals surface area (Å²) < 4.78 is 38.5. The normalized spacial score (nSPS) is 21.1. The molecule has 29 heavy (non-hydrogen) atoms. The first-order valence-corrected chi connectivity index (χ1v) is 9.91. The van der Waals surface area contributed by atoms with Gasteiger partial charge in [-0.3, -0.25) is 14.7 Å². The molecule has 1 amide bonds. The van der Waals surface area contributed by atoms with Crippen LogP contribution in [0.15, 0.2) is 48.8 Å². The van der Waals surface area contributed by atoms with Crippen molar-refractivity contribution in [1.29, 1.82) is 0 Å². The van der Waals surface area contributed by atoms with Gasteiger partial charge in [-0.2, -0.15) is 13.2 Å². The molecule has 1 unspecified atom stereocenters. The first-order chi connectivity index (χ1) is 13.9. The van der Waals surface area contributed by atoms with E-state index < -0.39 is 11.7 Å². The molecule has 2 aromatic rings. The molecule has 0 radical (unpaired) electrons. The monoisotopic (exact) mass is 403 g/mol. The van der Waals surface area contributed by atoms with E-state index in [1.807, 2.05) is 12.1 Å². The molecule has 1 spiro atoms. The number of carbonyl (C=O) groups is 1. The van der Waals surface area contributed by atoms with Crippen LogP contribution in [0.2, 0.25) is 0 Å². The molecule has 7 heteroatoms. The predicted octanol–water partition coefficient (Wildman–Crippen LogP) is 4.02. The third-order valence-electron chi connectivity index (χ3n) is 6.23. The molecule has 1 aliphatic carbocycles. The highest BCUT2D eigenvalue weighted by Crippen LogP contribution is 2.59. The predicted molar refractivity (Wildman–Crippen MR) is 103 cm³/mol. The van der Waals surface area contributed by atoms with Crippen molar-refractivity contribution in [3.63, 3.8) is 0 Å². The van der Waals surface area contributed by atoms with Crippen LogP contribution in [0.5, 0.6) is 0 Å². The van der Waals surface area contributed by atoms with Crippen molar-refractivity contribution < 1.29 is 18.0 Å². The average Bonchev–Trinajstić information content (AvgIpc) is 3.42. The number of nitrogens with one attached hydrogen (secondary N) is 1. The van der Waals surface area contributed by atoms with E-state index in [1.54, 1.807) is 18.5 Å². The lowest BCUT2D eigenvalue weighted by Crippen LogP contribution is -2.36. The molecule has 1 aromatic heterocycles. The number of amides is 1. The molecule has 0 bridgehead atoms. The number of carbonyl (C=O) groups excluding carboxylic acids is 1. The summed E-state index contributed by atoms with van der Waals surface area (Å²) in [5.41, 5.74) is 1.10. The van der Waals surface area contributed by atoms with Gasteiger partial charge in [-0.1, -0.05) is 12.1 Å². The Kier molecular flexibility index (Phi) is 5.34. The number of pyridine rings is 1. The van der Waals surface area contributed by atoms with Crippen molar-refractivity contribution in [1.82, 2.24) is 15.2 Å². The van der Waals surface area contributed by atoms with E-state index in [0.29, 0.717) is 5.56 Å². The lowest BCUT2D eigenvalue weighted by atomic mass is 9.90. The minimum Gasteiger partial charge on any atom is -0.352 e. The summed E-state index contributed by atoms with van der Waals surface area (Å²) in [5, 5.41) is 2.84. The largest absolute Gasteiger partial charge is 0.416 e. The van der Waals surface area contributed by atoms with Gasteiger partial charge in [-0.15, -0.1) is 0 Å². The average molecular weight is 403 g/mol. The summed E-state index contributed by atoms with van der Waals surface area (Å²) >= 11 is 0. The van der Waals surface area contributed by atoms with Gasteiger partial charge in [-0.25, -0.2) is 0 Å². The maximum Gasteiger partial charge on any atom is 0.416 e. The number of likely N-dealkylation sites (tertiary alicyclic amines) is 1. The van der Waals surface area contributed by atoms with Gasteiger partial charge >= 0.3 is 6.18 Å². The number of piperidine rings is 1. The molecular weight excluding hydrogens is 379 g/mol. The molecule has 1 aromatic carbocycles. The Labute approximate surface area is 168 Å². The van der Waals surface area contributed by atoms with E-state index in [2.05, 4.69) is 15.2 Å². The standard InChI is InChI=1S/C22H24F3N3O/c23-22(24,25)18-3-1-2-17(12-18)14-27-20(29)19-13-21(19)6-10-28(11-7-21)15-16-4-8-26-9-5-16/h1-5,8-9,12,19H,6-7,10-11,13-15H2,(H,27,29). The molecule has 1 saturated heterocycles. The molecule has 1 aliphatic heterocycles. The highest BCUT2D eigenvalue weighted by molar-refractivity contribution is 5.82. The summed E-state index contributed by atoms with van der Waals surface area (Å²) in [6.07, 6.45) is 2.08. The fourth-order valence-electron chi connectivity index (χ4n) is 4.34. The minimum absolute atomic E-state index is 0.0172. The van der Waals surface area contributed by atoms with Crippen LogP contribution in [0.1, 0.15) is 36.0 Å². The first-order valence-electron chi connectivity index (χ1n) is 9.91. The van der Waals surface area contributed by atoms with Crippen LogP contribution in [0.25, 0.3) is 0 Å². The Bertz CT molecular complexity index is 861. The van der Waals surface area contributed by atoms with Crippen LogP contribution < -0.4 is 5.32 Å². The quantitative estimate of drug-likeness (QED) is 0.820. The zero-order valence-corrected chi connectivity index (χ0v) is 16.1. The maximum absolute atomic E-state index is 12.8. The number of halogens is 3. The van der Waals surface area contributed by atoms with E-state index in [0.717, 1.165) is 51.0 Å². The SMILES string of the molecule is O=C(NCc1cccc(C(F)(F)F)c1)C1CC12CCN(Cc1ccncc1)CC2. The third-order valence-corrected chi connectivity index (χ3v) is 6.23. The zero-order valence-electron chi connectivity index (χ0n) is 16.1. The molecular formula is C22H24F3N3O. The molecule has 1 atom stereocenters. The van der Waals surface area contributed by atoms with Crippen LogP contribution in [-0.4, -0.2) is 28.9 Å². The lowest BCUT2D eigenvalue weighted by Gasteiger charge is -2.32. The van der Waals surface area contributed by atoms with E-state index in [-0.39, 0.29) is 23.8 Å². The number of nitrogens with zero attached hydrogens (tertiary/aromatic N) is 2. The number of hydrogen-bond donors (Lipinski definition) is 1. The Hall–Kier alpha value is -2.41. The molecule has 1 N–H and O–H groups in total. The summed E-state index contributed by atoms with van der Waals surface area (Å²) in [4.78, 5) is 19.0. The van der Waals surface area contributed by atoms with Crippen molar-refractivity contribution in [3.05, 3.63) is 65.5 Å². The fraction of sp³-hybridized carbons (Fsp3) is 0.455. The molecule has 1 saturated carbocycles. The van der Waals surface area contributed by atoms with Crippen LogP contribution in [0.4, 0.5) is 13.2 Å². The molecule has 2 fully saturated rings. The van der Waals surface area contributed by atoms with Gasteiger partial charge in [0.15, 0.2) is 0 Å². The van der Waals surface area contributed by atoms with Gasteiger partial charge in [0.2, 0.25) is 5.91 Å². The van der Waals surface area contributed by atoms with Gasteiger partial charge < -0.3 is 5.32 Å². The second-order valence-corrected chi connectivity index (χ2v) is 8.17. The Balaban J connectivity index is 1.26. The van der Waals surface area contributed by atoms with Crippen LogP contribution >= 0.6 is 0 Å². The van der Waals surface area contributed by atoms with E-state index in [4.69, 9.17) is 0 Å². The molecule has 154 valence electrons. The van der Waals surface area contributed by atoms with Gasteiger partial charge in [0.1, 0.15) is 0 Å². The molecule has 4 nitrogen and oxygen atoms in total. The topological polar surface area (TPSA) is 45.2 Å². The molecule has 4 rings (SSSR count). The number of aromatic nitrogens is 1. The number of alkyl halides is 3. The Morgan fingerprint density at radius 3 is 2.55 bits per heavy atom. The second-order valence-electron chi connectivity index (χ2n) is 8.17. The second kappa shape index (κ2) is 7.78. The highest BCUT2D eigenvalue weighted by Gasteiger charge is 2.58. The highest BCUT2D eigenvalue weighted by atomic mass is 19.4. The Morgan fingerprint density at radius 2 is 1.86 bits per heavy atom. The van der Waals surface area contributed by atoms with Crippen molar-refractivity contribution in [2.45, 2.75) is 38.5 Å². The number of hydrogen-bond acceptors (Lipinski definition) is 3. The Morgan fingerprint density at radius 1 is 1.14 bits per heavy atom. The van der Waals surface area contributed by atoms with E-state index >= 15 is 0 Å². The van der Waals surface area contributed by atoms with Crippen LogP contribution in [0.3, 0.4) is 0 Å². The van der Waals surface area contributed by atoms with Crippen molar-refractivity contribution in [2.24, 2.45) is 11.3 Å². The smallest absolute Gasteiger partial charge is 0.352 e. The summed E-state index contributed by atoms with van der Waals surface area (Å²) in [5.74, 6) is -0.0543. The van der Waals surface area contributed by atoms with Crippen molar-refractivity contribution in [2.75, 3.05) is 13.1 Å². The zero-order chi connectivity index (χ0) is 20.5. The van der Waals surface area contributed by atoms with Gasteiger partial charge in [0, 0.05) is 31.4 Å². The van der Waals surface area contributed by atoms with Crippen molar-refractivity contribution in [3.8, 4) is 0 Å². The maximum atomic E-state index is 12.8. The van der Waals surface area contributed by atoms with Gasteiger partial charge in [0.25, 0.3) is 0 Å². The van der Waals surface area contributed by atoms with E-state index in [9.17, 15) is 18.0 Å². The summed E-state index contributed by atoms with van der Waals surface area (Å²) in [7, 11) is 0. The van der Waals surface area contributed by atoms with Crippen molar-refractivity contribution >= 4 is 5.91 Å². The first kappa shape index (κ1) is 19.9. The van der Waals surface area contributed by atoms with E-state index in [1.165, 1.54) is 11.6 Å². The summed E-state index contributed by atoms with van der Waals surface area (Å²) in [6.45, 7) is 2.94. The van der Waals surface area contributed by atoms with Gasteiger partial charge in [-0.05, 0) is 73.2 Å². The summed E-state index contributed by atoms with van der Waals surface area (Å²) in [6, 6.07) is 9.16. The van der Waals surface area contributed by atoms with Gasteiger partial charge in [0.05, 0.1) is 5.56 Å². The fourth-order valence-corrected chi connectivity index (χ4v) is 4.34. The number of benzene rings is 1.